The van der Waals surface area contributed by atoms with Crippen molar-refractivity contribution in [2.24, 2.45) is 0 Å². The molecule has 0 saturated carbocycles. The van der Waals surface area contributed by atoms with E-state index in [1.54, 1.807) is 12.1 Å². The molecule has 0 aromatic heterocycles. The van der Waals surface area contributed by atoms with Gasteiger partial charge in [-0.15, -0.1) is 0 Å². The Kier molecular flexibility index (Phi) is 6.91. The molecule has 2 aromatic carbocycles. The molecule has 0 amide bonds. The van der Waals surface area contributed by atoms with Crippen LogP contribution in [-0.2, 0) is 17.9 Å². The Bertz CT molecular complexity index is 689. The van der Waals surface area contributed by atoms with Crippen molar-refractivity contribution in [1.82, 2.24) is 4.90 Å². The molecule has 0 aliphatic heterocycles. The fourth-order valence-electron chi connectivity index (χ4n) is 2.16. The number of carbonyl (C=O) groups is 1. The van der Waals surface area contributed by atoms with E-state index in [0.717, 1.165) is 16.9 Å². The van der Waals surface area contributed by atoms with Gasteiger partial charge in [-0.25, -0.2) is 0 Å². The van der Waals surface area contributed by atoms with Crippen LogP contribution in [0.15, 0.2) is 42.5 Å². The van der Waals surface area contributed by atoms with Crippen molar-refractivity contribution >= 4 is 29.2 Å². The van der Waals surface area contributed by atoms with Crippen LogP contribution in [-0.4, -0.2) is 29.6 Å². The second-order valence-corrected chi connectivity index (χ2v) is 6.38. The normalized spacial score (nSPS) is 10.8. The first-order valence-corrected chi connectivity index (χ1v) is 8.25. The van der Waals surface area contributed by atoms with E-state index in [9.17, 15) is 4.79 Å². The average molecular weight is 368 g/mol. The van der Waals surface area contributed by atoms with Crippen LogP contribution in [0.3, 0.4) is 0 Å². The summed E-state index contributed by atoms with van der Waals surface area (Å²) in [5.74, 6) is -0.0223. The molecule has 0 unspecified atom stereocenters. The Hall–Kier alpha value is -1.75. The Morgan fingerprint density at radius 3 is 2.38 bits per heavy atom. The van der Waals surface area contributed by atoms with Crippen molar-refractivity contribution in [2.45, 2.75) is 19.6 Å². The largest absolute Gasteiger partial charge is 0.489 e. The molecule has 24 heavy (non-hydrogen) atoms. The smallest absolute Gasteiger partial charge is 0.304 e. The highest BCUT2D eigenvalue weighted by molar-refractivity contribution is 6.42. The van der Waals surface area contributed by atoms with Gasteiger partial charge in [0, 0.05) is 13.1 Å². The van der Waals surface area contributed by atoms with Crippen LogP contribution in [0.5, 0.6) is 5.75 Å². The Balaban J connectivity index is 1.85. The molecule has 2 rings (SSSR count). The Labute approximate surface area is 151 Å². The highest BCUT2D eigenvalue weighted by Crippen LogP contribution is 2.23. The number of nitrogens with zero attached hydrogens (tertiary/aromatic N) is 1. The number of halogens is 2. The summed E-state index contributed by atoms with van der Waals surface area (Å²) in [6, 6.07) is 13.2. The first-order chi connectivity index (χ1) is 11.4. The van der Waals surface area contributed by atoms with Gasteiger partial charge in [-0.3, -0.25) is 4.79 Å². The van der Waals surface area contributed by atoms with Gasteiger partial charge in [-0.2, -0.15) is 0 Å². The summed E-state index contributed by atoms with van der Waals surface area (Å²) in [5, 5.41) is 9.73. The van der Waals surface area contributed by atoms with Crippen molar-refractivity contribution in [3.63, 3.8) is 0 Å². The molecule has 4 nitrogen and oxygen atoms in total. The molecular weight excluding hydrogens is 349 g/mol. The highest BCUT2D eigenvalue weighted by Gasteiger charge is 2.05. The number of benzene rings is 2. The van der Waals surface area contributed by atoms with E-state index >= 15 is 0 Å². The van der Waals surface area contributed by atoms with E-state index < -0.39 is 5.97 Å². The minimum Gasteiger partial charge on any atom is -0.489 e. The average Bonchev–Trinajstić information content (AvgIpc) is 2.55. The zero-order valence-corrected chi connectivity index (χ0v) is 14.8. The maximum absolute atomic E-state index is 10.6. The van der Waals surface area contributed by atoms with Crippen LogP contribution < -0.4 is 4.74 Å². The van der Waals surface area contributed by atoms with Crippen molar-refractivity contribution in [3.05, 3.63) is 63.6 Å². The fraction of sp³-hybridized carbons (Fsp3) is 0.278. The van der Waals surface area contributed by atoms with Gasteiger partial charge in [0.25, 0.3) is 0 Å². The lowest BCUT2D eigenvalue weighted by molar-refractivity contribution is -0.137. The van der Waals surface area contributed by atoms with Crippen LogP contribution in [0.1, 0.15) is 17.5 Å². The summed E-state index contributed by atoms with van der Waals surface area (Å²) in [5.41, 5.74) is 2.05. The summed E-state index contributed by atoms with van der Waals surface area (Å²) in [6.45, 7) is 1.63. The predicted octanol–water partition coefficient (Wildman–Crippen LogP) is 4.48. The van der Waals surface area contributed by atoms with Gasteiger partial charge in [0.05, 0.1) is 16.5 Å². The quantitative estimate of drug-likeness (QED) is 0.747. The standard InChI is InChI=1S/C18H19Cl2NO3/c1-21(9-8-18(22)23)11-13-2-5-15(6-3-13)24-12-14-4-7-16(19)17(20)10-14/h2-7,10H,8-9,11-12H2,1H3,(H,22,23). The van der Waals surface area contributed by atoms with Gasteiger partial charge in [0.15, 0.2) is 0 Å². The lowest BCUT2D eigenvalue weighted by Gasteiger charge is -2.15. The Morgan fingerprint density at radius 2 is 1.75 bits per heavy atom. The fourth-order valence-corrected chi connectivity index (χ4v) is 2.49. The molecule has 0 fully saturated rings. The monoisotopic (exact) mass is 367 g/mol. The lowest BCUT2D eigenvalue weighted by Crippen LogP contribution is -2.21. The van der Waals surface area contributed by atoms with Crippen molar-refractivity contribution in [1.29, 1.82) is 0 Å². The third-order valence-electron chi connectivity index (χ3n) is 3.47. The maximum atomic E-state index is 10.6. The van der Waals surface area contributed by atoms with Crippen molar-refractivity contribution in [2.75, 3.05) is 13.6 Å². The number of ether oxygens (including phenoxy) is 1. The Morgan fingerprint density at radius 1 is 1.08 bits per heavy atom. The molecule has 1 N–H and O–H groups in total. The first-order valence-electron chi connectivity index (χ1n) is 7.50. The number of carboxylic acid groups (broad SMARTS) is 1. The molecule has 0 heterocycles. The van der Waals surface area contributed by atoms with Gasteiger partial charge in [0.1, 0.15) is 12.4 Å². The number of hydrogen-bond acceptors (Lipinski definition) is 3. The molecule has 2 aromatic rings. The van der Waals surface area contributed by atoms with E-state index in [0.29, 0.717) is 29.7 Å². The number of hydrogen-bond donors (Lipinski definition) is 1. The summed E-state index contributed by atoms with van der Waals surface area (Å²) in [4.78, 5) is 12.5. The number of carboxylic acids is 1. The summed E-state index contributed by atoms with van der Waals surface area (Å²) < 4.78 is 5.73. The lowest BCUT2D eigenvalue weighted by atomic mass is 10.2. The molecule has 0 aliphatic carbocycles. The SMILES string of the molecule is CN(CCC(=O)O)Cc1ccc(OCc2ccc(Cl)c(Cl)c2)cc1. The van der Waals surface area contributed by atoms with Crippen LogP contribution in [0.2, 0.25) is 10.0 Å². The van der Waals surface area contributed by atoms with E-state index in [1.807, 2.05) is 42.3 Å². The molecular formula is C18H19Cl2NO3. The third-order valence-corrected chi connectivity index (χ3v) is 4.21. The number of aliphatic carboxylic acids is 1. The highest BCUT2D eigenvalue weighted by atomic mass is 35.5. The molecule has 0 spiro atoms. The van der Waals surface area contributed by atoms with E-state index in [1.165, 1.54) is 0 Å². The van der Waals surface area contributed by atoms with Gasteiger partial charge >= 0.3 is 5.97 Å². The van der Waals surface area contributed by atoms with E-state index in [4.69, 9.17) is 33.0 Å². The van der Waals surface area contributed by atoms with E-state index in [-0.39, 0.29) is 6.42 Å². The molecule has 0 aliphatic rings. The van der Waals surface area contributed by atoms with E-state index in [2.05, 4.69) is 0 Å². The van der Waals surface area contributed by atoms with Crippen molar-refractivity contribution < 1.29 is 14.6 Å². The van der Waals surface area contributed by atoms with Gasteiger partial charge in [-0.05, 0) is 42.4 Å². The van der Waals surface area contributed by atoms with Gasteiger partial charge < -0.3 is 14.7 Å². The maximum Gasteiger partial charge on any atom is 0.304 e. The second-order valence-electron chi connectivity index (χ2n) is 5.56. The molecule has 128 valence electrons. The molecule has 0 atom stereocenters. The van der Waals surface area contributed by atoms with Crippen LogP contribution >= 0.6 is 23.2 Å². The predicted molar refractivity (Wildman–Crippen MR) is 95.8 cm³/mol. The van der Waals surface area contributed by atoms with Crippen molar-refractivity contribution in [3.8, 4) is 5.75 Å². The molecule has 6 heteroatoms. The molecule has 0 bridgehead atoms. The van der Waals surface area contributed by atoms with Crippen LogP contribution in [0, 0.1) is 0 Å². The molecule has 0 saturated heterocycles. The zero-order chi connectivity index (χ0) is 17.5. The summed E-state index contributed by atoms with van der Waals surface area (Å²) >= 11 is 11.9. The summed E-state index contributed by atoms with van der Waals surface area (Å²) in [7, 11) is 1.90. The summed E-state index contributed by atoms with van der Waals surface area (Å²) in [6.07, 6.45) is 0.140. The van der Waals surface area contributed by atoms with Gasteiger partial charge in [0.2, 0.25) is 0 Å². The van der Waals surface area contributed by atoms with Crippen LogP contribution in [0.25, 0.3) is 0 Å². The molecule has 0 radical (unpaired) electrons. The number of rotatable bonds is 8. The topological polar surface area (TPSA) is 49.8 Å². The first kappa shape index (κ1) is 18.6. The zero-order valence-electron chi connectivity index (χ0n) is 13.3. The van der Waals surface area contributed by atoms with Crippen LogP contribution in [0.4, 0.5) is 0 Å². The van der Waals surface area contributed by atoms with Gasteiger partial charge in [-0.1, -0.05) is 41.4 Å². The minimum atomic E-state index is -0.784. The second kappa shape index (κ2) is 8.92. The minimum absolute atomic E-state index is 0.140. The third kappa shape index (κ3) is 6.04.